The monoisotopic (exact) mass is 266 g/mol. The Morgan fingerprint density at radius 2 is 1.75 bits per heavy atom. The number of hydrogen-bond acceptors (Lipinski definition) is 4. The molecule has 0 atom stereocenters. The minimum atomic E-state index is 0.536. The Morgan fingerprint density at radius 3 is 2.45 bits per heavy atom. The van der Waals surface area contributed by atoms with Gasteiger partial charge in [0.2, 0.25) is 5.82 Å². The molecule has 20 heavy (non-hydrogen) atoms. The first-order valence-electron chi connectivity index (χ1n) is 6.32. The number of benzene rings is 2. The average molecular weight is 266 g/mol. The molecule has 3 rings (SSSR count). The molecule has 0 fully saturated rings. The van der Waals surface area contributed by atoms with E-state index in [1.54, 1.807) is 7.11 Å². The van der Waals surface area contributed by atoms with E-state index in [1.807, 2.05) is 55.5 Å². The van der Waals surface area contributed by atoms with Gasteiger partial charge < -0.3 is 9.26 Å². The van der Waals surface area contributed by atoms with Crippen LogP contribution in [0.25, 0.3) is 22.8 Å². The van der Waals surface area contributed by atoms with Gasteiger partial charge in [-0.25, -0.2) is 0 Å². The predicted octanol–water partition coefficient (Wildman–Crippen LogP) is 3.72. The van der Waals surface area contributed by atoms with E-state index in [-0.39, 0.29) is 0 Å². The van der Waals surface area contributed by atoms with Crippen molar-refractivity contribution in [1.29, 1.82) is 0 Å². The van der Waals surface area contributed by atoms with E-state index in [1.165, 1.54) is 0 Å². The van der Waals surface area contributed by atoms with E-state index in [2.05, 4.69) is 10.1 Å². The maximum Gasteiger partial charge on any atom is 0.258 e. The summed E-state index contributed by atoms with van der Waals surface area (Å²) in [6, 6.07) is 15.5. The highest BCUT2D eigenvalue weighted by atomic mass is 16.5. The molecule has 2 aromatic carbocycles. The largest absolute Gasteiger partial charge is 0.497 e. The van der Waals surface area contributed by atoms with E-state index in [4.69, 9.17) is 9.26 Å². The molecule has 0 spiro atoms. The number of aromatic nitrogens is 2. The summed E-state index contributed by atoms with van der Waals surface area (Å²) in [5, 5.41) is 4.03. The second-order valence-electron chi connectivity index (χ2n) is 4.47. The topological polar surface area (TPSA) is 48.2 Å². The van der Waals surface area contributed by atoms with Crippen molar-refractivity contribution in [2.75, 3.05) is 7.11 Å². The van der Waals surface area contributed by atoms with Crippen molar-refractivity contribution in [2.45, 2.75) is 6.92 Å². The van der Waals surface area contributed by atoms with Crippen LogP contribution in [0.1, 0.15) is 5.56 Å². The highest BCUT2D eigenvalue weighted by molar-refractivity contribution is 5.62. The zero-order valence-corrected chi connectivity index (χ0v) is 11.3. The smallest absolute Gasteiger partial charge is 0.258 e. The van der Waals surface area contributed by atoms with Crippen molar-refractivity contribution in [2.24, 2.45) is 0 Å². The minimum absolute atomic E-state index is 0.536. The van der Waals surface area contributed by atoms with E-state index in [9.17, 15) is 0 Å². The minimum Gasteiger partial charge on any atom is -0.497 e. The number of hydrogen-bond donors (Lipinski definition) is 0. The molecule has 4 nitrogen and oxygen atoms in total. The second-order valence-corrected chi connectivity index (χ2v) is 4.47. The van der Waals surface area contributed by atoms with Crippen molar-refractivity contribution in [3.63, 3.8) is 0 Å². The molecule has 4 heteroatoms. The van der Waals surface area contributed by atoms with Crippen LogP contribution in [0.2, 0.25) is 0 Å². The second kappa shape index (κ2) is 5.17. The molecule has 0 unspecified atom stereocenters. The lowest BCUT2D eigenvalue weighted by Crippen LogP contribution is -1.85. The summed E-state index contributed by atoms with van der Waals surface area (Å²) < 4.78 is 10.5. The first kappa shape index (κ1) is 12.4. The fourth-order valence-electron chi connectivity index (χ4n) is 2.00. The number of ether oxygens (including phenoxy) is 1. The van der Waals surface area contributed by atoms with Gasteiger partial charge >= 0.3 is 0 Å². The lowest BCUT2D eigenvalue weighted by Gasteiger charge is -1.99. The third-order valence-electron chi connectivity index (χ3n) is 3.15. The third-order valence-corrected chi connectivity index (χ3v) is 3.15. The molecule has 0 saturated carbocycles. The molecule has 1 heterocycles. The number of methoxy groups -OCH3 is 1. The predicted molar refractivity (Wildman–Crippen MR) is 76.5 cm³/mol. The van der Waals surface area contributed by atoms with E-state index in [0.717, 1.165) is 22.4 Å². The zero-order valence-electron chi connectivity index (χ0n) is 11.3. The van der Waals surface area contributed by atoms with Gasteiger partial charge in [0.1, 0.15) is 5.75 Å². The summed E-state index contributed by atoms with van der Waals surface area (Å²) in [6.45, 7) is 2.02. The van der Waals surface area contributed by atoms with Gasteiger partial charge in [0, 0.05) is 11.1 Å². The maximum atomic E-state index is 5.35. The van der Waals surface area contributed by atoms with Crippen LogP contribution < -0.4 is 4.74 Å². The summed E-state index contributed by atoms with van der Waals surface area (Å²) in [4.78, 5) is 4.45. The van der Waals surface area contributed by atoms with Gasteiger partial charge in [-0.05, 0) is 42.8 Å². The highest BCUT2D eigenvalue weighted by Gasteiger charge is 2.12. The number of rotatable bonds is 3. The van der Waals surface area contributed by atoms with Gasteiger partial charge in [0.25, 0.3) is 5.89 Å². The molecule has 0 aliphatic carbocycles. The van der Waals surface area contributed by atoms with Gasteiger partial charge in [0.15, 0.2) is 0 Å². The lowest BCUT2D eigenvalue weighted by atomic mass is 10.1. The Kier molecular flexibility index (Phi) is 3.21. The normalized spacial score (nSPS) is 10.5. The van der Waals surface area contributed by atoms with Crippen molar-refractivity contribution >= 4 is 0 Å². The summed E-state index contributed by atoms with van der Waals surface area (Å²) in [6.07, 6.45) is 0. The number of nitrogens with zero attached hydrogens (tertiary/aromatic N) is 2. The summed E-state index contributed by atoms with van der Waals surface area (Å²) >= 11 is 0. The Morgan fingerprint density at radius 1 is 1.00 bits per heavy atom. The van der Waals surface area contributed by atoms with Gasteiger partial charge in [-0.1, -0.05) is 23.4 Å². The molecule has 0 aliphatic rings. The van der Waals surface area contributed by atoms with Crippen LogP contribution in [0.5, 0.6) is 5.75 Å². The maximum absolute atomic E-state index is 5.35. The summed E-state index contributed by atoms with van der Waals surface area (Å²) in [5.74, 6) is 1.91. The van der Waals surface area contributed by atoms with Crippen molar-refractivity contribution in [3.05, 3.63) is 54.1 Å². The van der Waals surface area contributed by atoms with Crippen molar-refractivity contribution in [1.82, 2.24) is 10.1 Å². The quantitative estimate of drug-likeness (QED) is 0.725. The summed E-state index contributed by atoms with van der Waals surface area (Å²) in [5.41, 5.74) is 2.96. The van der Waals surface area contributed by atoms with E-state index < -0.39 is 0 Å². The Hall–Kier alpha value is -2.62. The van der Waals surface area contributed by atoms with Crippen LogP contribution in [0.4, 0.5) is 0 Å². The fourth-order valence-corrected chi connectivity index (χ4v) is 2.00. The van der Waals surface area contributed by atoms with Gasteiger partial charge in [-0.3, -0.25) is 0 Å². The SMILES string of the molecule is COc1ccc(-c2noc(-c3ccccc3C)n2)cc1. The van der Waals surface area contributed by atoms with E-state index >= 15 is 0 Å². The molecule has 0 N–H and O–H groups in total. The van der Waals surface area contributed by atoms with Crippen LogP contribution in [-0.2, 0) is 0 Å². The van der Waals surface area contributed by atoms with Crippen LogP contribution in [0, 0.1) is 6.92 Å². The van der Waals surface area contributed by atoms with Crippen LogP contribution in [-0.4, -0.2) is 17.3 Å². The zero-order chi connectivity index (χ0) is 13.9. The molecule has 0 aliphatic heterocycles. The highest BCUT2D eigenvalue weighted by Crippen LogP contribution is 2.25. The Balaban J connectivity index is 1.95. The number of aryl methyl sites for hydroxylation is 1. The average Bonchev–Trinajstić information content (AvgIpc) is 2.97. The van der Waals surface area contributed by atoms with Gasteiger partial charge in [-0.15, -0.1) is 0 Å². The van der Waals surface area contributed by atoms with Gasteiger partial charge in [0.05, 0.1) is 7.11 Å². The third kappa shape index (κ3) is 2.28. The molecule has 1 aromatic heterocycles. The fraction of sp³-hybridized carbons (Fsp3) is 0.125. The molecule has 100 valence electrons. The Labute approximate surface area is 117 Å². The van der Waals surface area contributed by atoms with Gasteiger partial charge in [-0.2, -0.15) is 4.98 Å². The molecule has 3 aromatic rings. The van der Waals surface area contributed by atoms with Crippen molar-refractivity contribution in [3.8, 4) is 28.6 Å². The standard InChI is InChI=1S/C16H14N2O2/c1-11-5-3-4-6-14(11)16-17-15(18-20-16)12-7-9-13(19-2)10-8-12/h3-10H,1-2H3. The van der Waals surface area contributed by atoms with Crippen LogP contribution >= 0.6 is 0 Å². The Bertz CT molecular complexity index is 717. The molecular weight excluding hydrogens is 252 g/mol. The first-order valence-corrected chi connectivity index (χ1v) is 6.32. The molecule has 0 amide bonds. The van der Waals surface area contributed by atoms with Crippen LogP contribution in [0.15, 0.2) is 53.1 Å². The molecule has 0 radical (unpaired) electrons. The molecule has 0 saturated heterocycles. The summed E-state index contributed by atoms with van der Waals surface area (Å²) in [7, 11) is 1.64. The van der Waals surface area contributed by atoms with Crippen LogP contribution in [0.3, 0.4) is 0 Å². The lowest BCUT2D eigenvalue weighted by molar-refractivity contribution is 0.415. The van der Waals surface area contributed by atoms with E-state index in [0.29, 0.717) is 11.7 Å². The van der Waals surface area contributed by atoms with Crippen molar-refractivity contribution < 1.29 is 9.26 Å². The molecular formula is C16H14N2O2. The molecule has 0 bridgehead atoms. The first-order chi connectivity index (χ1) is 9.78.